The Morgan fingerprint density at radius 2 is 2.14 bits per heavy atom. The van der Waals surface area contributed by atoms with Gasteiger partial charge in [-0.2, -0.15) is 0 Å². The van der Waals surface area contributed by atoms with Crippen molar-refractivity contribution in [1.29, 1.82) is 0 Å². The van der Waals surface area contributed by atoms with Crippen molar-refractivity contribution >= 4 is 16.6 Å². The molecule has 2 rings (SSSR count). The van der Waals surface area contributed by atoms with E-state index >= 15 is 0 Å². The van der Waals surface area contributed by atoms with E-state index in [4.69, 9.17) is 4.43 Å². The van der Waals surface area contributed by atoms with Crippen LogP contribution in [-0.4, -0.2) is 17.1 Å². The predicted octanol–water partition coefficient (Wildman–Crippen LogP) is -0.596. The molecule has 3 radical (unpaired) electrons. The Hall–Kier alpha value is 0.137. The van der Waals surface area contributed by atoms with E-state index in [2.05, 4.69) is 46.9 Å². The first-order chi connectivity index (χ1) is 6.42. The smallest absolute Gasteiger partial charge is 1.00 e. The van der Waals surface area contributed by atoms with Gasteiger partial charge in [0.1, 0.15) is 0 Å². The summed E-state index contributed by atoms with van der Waals surface area (Å²) in [6, 6.07) is 8.51. The summed E-state index contributed by atoms with van der Waals surface area (Å²) >= 11 is 0. The van der Waals surface area contributed by atoms with Gasteiger partial charge in [0.25, 0.3) is 0 Å². The third-order valence-corrected chi connectivity index (χ3v) is 2.64. The number of hydrogen-bond donors (Lipinski definition) is 0. The van der Waals surface area contributed by atoms with Crippen molar-refractivity contribution in [3.63, 3.8) is 0 Å². The molecule has 0 saturated carbocycles. The molecule has 0 aromatic heterocycles. The Morgan fingerprint density at radius 3 is 2.93 bits per heavy atom. The molecule has 0 spiro atoms. The van der Waals surface area contributed by atoms with Crippen molar-refractivity contribution in [2.45, 2.75) is 12.3 Å². The van der Waals surface area contributed by atoms with Crippen molar-refractivity contribution in [3.8, 4) is 0 Å². The van der Waals surface area contributed by atoms with Crippen LogP contribution in [-0.2, 0) is 4.43 Å². The monoisotopic (exact) mass is 211 g/mol. The topological polar surface area (TPSA) is 9.23 Å². The Morgan fingerprint density at radius 1 is 1.36 bits per heavy atom. The van der Waals surface area contributed by atoms with Crippen LogP contribution < -0.4 is 29.6 Å². The number of allylic oxidation sites excluding steroid dienone is 1. The molecular weight excluding hydrogens is 199 g/mol. The second kappa shape index (κ2) is 5.88. The Kier molecular flexibility index (Phi) is 5.13. The largest absolute Gasteiger partial charge is 1.00 e. The van der Waals surface area contributed by atoms with E-state index in [-0.39, 0.29) is 31.0 Å². The Bertz CT molecular complexity index is 330. The molecule has 0 amide bonds. The molecule has 0 N–H and O–H groups in total. The second-order valence-corrected chi connectivity index (χ2v) is 3.52. The van der Waals surface area contributed by atoms with Crippen LogP contribution in [0.1, 0.15) is 24.9 Å². The van der Waals surface area contributed by atoms with E-state index in [9.17, 15) is 0 Å². The zero-order chi connectivity index (χ0) is 9.10. The van der Waals surface area contributed by atoms with Gasteiger partial charge in [-0.15, -0.1) is 0 Å². The zero-order valence-corrected chi connectivity index (χ0v) is 11.4. The molecule has 0 heterocycles. The molecular formula is C11H12NaOSi. The van der Waals surface area contributed by atoms with Gasteiger partial charge in [-0.3, -0.25) is 0 Å². The molecule has 0 saturated heterocycles. The van der Waals surface area contributed by atoms with Crippen molar-refractivity contribution in [2.75, 3.05) is 6.61 Å². The minimum absolute atomic E-state index is 0. The first-order valence-corrected chi connectivity index (χ1v) is 4.88. The summed E-state index contributed by atoms with van der Waals surface area (Å²) in [5.41, 5.74) is 2.77. The quantitative estimate of drug-likeness (QED) is 0.607. The van der Waals surface area contributed by atoms with Crippen LogP contribution in [0, 0.1) is 0 Å². The van der Waals surface area contributed by atoms with Gasteiger partial charge in [-0.1, -0.05) is 36.4 Å². The van der Waals surface area contributed by atoms with Crippen molar-refractivity contribution in [1.82, 2.24) is 0 Å². The number of benzene rings is 1. The molecule has 1 aromatic rings. The summed E-state index contributed by atoms with van der Waals surface area (Å²) in [5.74, 6) is 0.535. The average molecular weight is 211 g/mol. The fraction of sp³-hybridized carbons (Fsp3) is 0.273. The molecule has 1 aromatic carbocycles. The number of fused-ring (bicyclic) bond motifs is 1. The van der Waals surface area contributed by atoms with Gasteiger partial charge >= 0.3 is 29.6 Å². The maximum absolute atomic E-state index is 4.89. The van der Waals surface area contributed by atoms with E-state index in [1.54, 1.807) is 0 Å². The van der Waals surface area contributed by atoms with E-state index in [1.165, 1.54) is 11.1 Å². The number of hydrogen-bond acceptors (Lipinski definition) is 1. The van der Waals surface area contributed by atoms with E-state index < -0.39 is 0 Å². The fourth-order valence-electron chi connectivity index (χ4n) is 1.76. The predicted molar refractivity (Wildman–Crippen MR) is 55.7 cm³/mol. The first kappa shape index (κ1) is 12.2. The maximum Gasteiger partial charge on any atom is 1.00 e. The molecule has 1 aliphatic rings. The van der Waals surface area contributed by atoms with Crippen molar-refractivity contribution in [3.05, 3.63) is 41.5 Å². The maximum atomic E-state index is 4.89. The molecule has 14 heavy (non-hydrogen) atoms. The standard InChI is InChI=1S/C11H11OSi.Na.H/c13-12-8-7-10-6-5-9-3-1-2-4-11(9)10;;/h1-6,10H,7-8H2;;/q;+1;-1. The summed E-state index contributed by atoms with van der Waals surface area (Å²) < 4.78 is 4.89. The van der Waals surface area contributed by atoms with E-state index in [0.29, 0.717) is 5.92 Å². The summed E-state index contributed by atoms with van der Waals surface area (Å²) in [4.78, 5) is 0. The van der Waals surface area contributed by atoms with Gasteiger partial charge in [0.2, 0.25) is 10.5 Å². The summed E-state index contributed by atoms with van der Waals surface area (Å²) in [7, 11) is 3.02. The SMILES string of the molecule is [H-].[Na+].[Si]OCCC1C=Cc2ccccc21. The average Bonchev–Trinajstić information content (AvgIpc) is 2.58. The first-order valence-electron chi connectivity index (χ1n) is 4.47. The van der Waals surface area contributed by atoms with Gasteiger partial charge in [0.05, 0.1) is 0 Å². The van der Waals surface area contributed by atoms with Crippen LogP contribution in [0.4, 0.5) is 0 Å². The molecule has 1 unspecified atom stereocenters. The van der Waals surface area contributed by atoms with Crippen LogP contribution in [0.5, 0.6) is 0 Å². The molecule has 0 bridgehead atoms. The van der Waals surface area contributed by atoms with Gasteiger partial charge in [0, 0.05) is 12.5 Å². The normalized spacial score (nSPS) is 17.6. The molecule has 67 valence electrons. The molecule has 1 nitrogen and oxygen atoms in total. The third kappa shape index (κ3) is 2.58. The van der Waals surface area contributed by atoms with Crippen molar-refractivity contribution in [2.24, 2.45) is 0 Å². The third-order valence-electron chi connectivity index (χ3n) is 2.43. The van der Waals surface area contributed by atoms with Crippen LogP contribution in [0.3, 0.4) is 0 Å². The molecule has 0 aliphatic heterocycles. The molecule has 1 atom stereocenters. The molecule has 1 aliphatic carbocycles. The summed E-state index contributed by atoms with van der Waals surface area (Å²) in [6.45, 7) is 0.750. The van der Waals surface area contributed by atoms with Crippen LogP contribution in [0.2, 0.25) is 0 Å². The molecule has 3 heteroatoms. The van der Waals surface area contributed by atoms with E-state index in [0.717, 1.165) is 13.0 Å². The second-order valence-electron chi connectivity index (χ2n) is 3.23. The Labute approximate surface area is 112 Å². The van der Waals surface area contributed by atoms with Crippen LogP contribution >= 0.6 is 0 Å². The number of rotatable bonds is 3. The summed E-state index contributed by atoms with van der Waals surface area (Å²) in [6.07, 6.45) is 5.47. The van der Waals surface area contributed by atoms with Gasteiger partial charge < -0.3 is 5.85 Å². The van der Waals surface area contributed by atoms with Crippen LogP contribution in [0.15, 0.2) is 30.3 Å². The molecule has 0 fully saturated rings. The summed E-state index contributed by atoms with van der Waals surface area (Å²) in [5, 5.41) is 0. The van der Waals surface area contributed by atoms with Gasteiger partial charge in [-0.05, 0) is 17.5 Å². The van der Waals surface area contributed by atoms with Gasteiger partial charge in [0.15, 0.2) is 0 Å². The fourth-order valence-corrected chi connectivity index (χ4v) is 1.88. The van der Waals surface area contributed by atoms with Crippen molar-refractivity contribution < 1.29 is 35.4 Å². The van der Waals surface area contributed by atoms with E-state index in [1.807, 2.05) is 0 Å². The minimum Gasteiger partial charge on any atom is -1.00 e. The van der Waals surface area contributed by atoms with Crippen LogP contribution in [0.25, 0.3) is 6.08 Å². The minimum atomic E-state index is 0. The van der Waals surface area contributed by atoms with Gasteiger partial charge in [-0.25, -0.2) is 0 Å². The Balaban J connectivity index is 0.000000980. The zero-order valence-electron chi connectivity index (χ0n) is 9.36.